The molecule has 0 spiro atoms. The van der Waals surface area contributed by atoms with E-state index < -0.39 is 0 Å². The number of nitrogens with zero attached hydrogens (tertiary/aromatic N) is 5. The van der Waals surface area contributed by atoms with Crippen LogP contribution in [0.5, 0.6) is 0 Å². The standard InChI is InChI=1S/C17H21FN6/c1-12-7-21-23(9-12)14(3)13(2)20-8-15-4-5-17(16(18)6-15)24-11-19-10-22-24/h4-7,9-11,13-14,20H,8H2,1-3H3/t13-,14+/m0/s1. The third kappa shape index (κ3) is 3.51. The average Bonchev–Trinajstić information content (AvgIpc) is 3.23. The van der Waals surface area contributed by atoms with Crippen LogP contribution in [0.2, 0.25) is 0 Å². The Bertz CT molecular complexity index is 795. The van der Waals surface area contributed by atoms with Gasteiger partial charge in [0.2, 0.25) is 0 Å². The van der Waals surface area contributed by atoms with Gasteiger partial charge in [-0.3, -0.25) is 4.68 Å². The van der Waals surface area contributed by atoms with Gasteiger partial charge in [-0.25, -0.2) is 14.1 Å². The lowest BCUT2D eigenvalue weighted by Crippen LogP contribution is -2.33. The van der Waals surface area contributed by atoms with Gasteiger partial charge in [-0.1, -0.05) is 6.07 Å². The molecule has 126 valence electrons. The van der Waals surface area contributed by atoms with Crippen LogP contribution in [0.4, 0.5) is 4.39 Å². The van der Waals surface area contributed by atoms with Crippen LogP contribution < -0.4 is 5.32 Å². The molecule has 0 amide bonds. The Kier molecular flexibility index (Phi) is 4.71. The van der Waals surface area contributed by atoms with Gasteiger partial charge in [0, 0.05) is 18.8 Å². The van der Waals surface area contributed by atoms with E-state index in [1.54, 1.807) is 6.07 Å². The van der Waals surface area contributed by atoms with Gasteiger partial charge in [0.25, 0.3) is 0 Å². The molecule has 2 heterocycles. The molecule has 2 aromatic heterocycles. The van der Waals surface area contributed by atoms with E-state index in [4.69, 9.17) is 0 Å². The number of hydrogen-bond acceptors (Lipinski definition) is 4. The molecule has 0 aliphatic heterocycles. The second-order valence-electron chi connectivity index (χ2n) is 6.03. The largest absolute Gasteiger partial charge is 0.308 e. The Morgan fingerprint density at radius 1 is 1.25 bits per heavy atom. The molecule has 0 aliphatic rings. The lowest BCUT2D eigenvalue weighted by Gasteiger charge is -2.22. The highest BCUT2D eigenvalue weighted by Gasteiger charge is 2.14. The van der Waals surface area contributed by atoms with Crippen LogP contribution in [-0.2, 0) is 6.54 Å². The highest BCUT2D eigenvalue weighted by atomic mass is 19.1. The number of nitrogens with one attached hydrogen (secondary N) is 1. The summed E-state index contributed by atoms with van der Waals surface area (Å²) >= 11 is 0. The van der Waals surface area contributed by atoms with E-state index in [0.29, 0.717) is 12.2 Å². The minimum atomic E-state index is -0.316. The SMILES string of the molecule is Cc1cnn([C@H](C)[C@H](C)NCc2ccc(-n3cncn3)c(F)c2)c1. The number of aryl methyl sites for hydroxylation is 1. The van der Waals surface area contributed by atoms with Gasteiger partial charge in [0.05, 0.1) is 12.2 Å². The Morgan fingerprint density at radius 2 is 2.08 bits per heavy atom. The van der Waals surface area contributed by atoms with Gasteiger partial charge >= 0.3 is 0 Å². The van der Waals surface area contributed by atoms with Gasteiger partial charge in [-0.15, -0.1) is 0 Å². The van der Waals surface area contributed by atoms with Crippen molar-refractivity contribution in [1.82, 2.24) is 29.9 Å². The normalized spacial score (nSPS) is 13.8. The summed E-state index contributed by atoms with van der Waals surface area (Å²) in [4.78, 5) is 3.84. The fraction of sp³-hybridized carbons (Fsp3) is 0.353. The van der Waals surface area contributed by atoms with Crippen molar-refractivity contribution in [3.05, 3.63) is 60.2 Å². The fourth-order valence-electron chi connectivity index (χ4n) is 2.51. The topological polar surface area (TPSA) is 60.6 Å². The smallest absolute Gasteiger partial charge is 0.149 e. The van der Waals surface area contributed by atoms with E-state index in [1.807, 2.05) is 30.1 Å². The van der Waals surface area contributed by atoms with Gasteiger partial charge in [-0.2, -0.15) is 10.2 Å². The summed E-state index contributed by atoms with van der Waals surface area (Å²) < 4.78 is 17.6. The molecule has 0 radical (unpaired) electrons. The number of halogens is 1. The Hall–Kier alpha value is -2.54. The summed E-state index contributed by atoms with van der Waals surface area (Å²) in [5.74, 6) is -0.316. The van der Waals surface area contributed by atoms with Crippen molar-refractivity contribution in [1.29, 1.82) is 0 Å². The monoisotopic (exact) mass is 328 g/mol. The second kappa shape index (κ2) is 6.92. The average molecular weight is 328 g/mol. The van der Waals surface area contributed by atoms with E-state index in [1.165, 1.54) is 23.4 Å². The quantitative estimate of drug-likeness (QED) is 0.756. The highest BCUT2D eigenvalue weighted by molar-refractivity contribution is 5.35. The van der Waals surface area contributed by atoms with E-state index in [-0.39, 0.29) is 17.9 Å². The molecule has 0 bridgehead atoms. The predicted molar refractivity (Wildman–Crippen MR) is 89.3 cm³/mol. The summed E-state index contributed by atoms with van der Waals surface area (Å²) in [7, 11) is 0. The molecule has 0 saturated carbocycles. The van der Waals surface area contributed by atoms with Gasteiger partial charge in [0.15, 0.2) is 0 Å². The first kappa shape index (κ1) is 16.3. The van der Waals surface area contributed by atoms with Crippen molar-refractivity contribution in [3.63, 3.8) is 0 Å². The van der Waals surface area contributed by atoms with E-state index in [0.717, 1.165) is 11.1 Å². The molecular weight excluding hydrogens is 307 g/mol. The van der Waals surface area contributed by atoms with Crippen LogP contribution in [0.3, 0.4) is 0 Å². The minimum absolute atomic E-state index is 0.197. The number of benzene rings is 1. The van der Waals surface area contributed by atoms with E-state index in [2.05, 4.69) is 34.3 Å². The summed E-state index contributed by atoms with van der Waals surface area (Å²) in [6.45, 7) is 6.81. The molecule has 0 saturated heterocycles. The maximum atomic E-state index is 14.2. The maximum Gasteiger partial charge on any atom is 0.149 e. The van der Waals surface area contributed by atoms with Gasteiger partial charge in [-0.05, 0) is 44.0 Å². The van der Waals surface area contributed by atoms with Crippen LogP contribution in [-0.4, -0.2) is 30.6 Å². The van der Waals surface area contributed by atoms with Crippen LogP contribution >= 0.6 is 0 Å². The second-order valence-corrected chi connectivity index (χ2v) is 6.03. The first-order chi connectivity index (χ1) is 11.5. The first-order valence-corrected chi connectivity index (χ1v) is 7.92. The molecular formula is C17H21FN6. The molecule has 0 aliphatic carbocycles. The summed E-state index contributed by atoms with van der Waals surface area (Å²) in [5, 5.41) is 11.7. The number of hydrogen-bond donors (Lipinski definition) is 1. The van der Waals surface area contributed by atoms with Crippen molar-refractivity contribution in [2.45, 2.75) is 39.4 Å². The van der Waals surface area contributed by atoms with Gasteiger partial charge in [0.1, 0.15) is 24.2 Å². The molecule has 3 rings (SSSR count). The molecule has 1 aromatic carbocycles. The van der Waals surface area contributed by atoms with E-state index >= 15 is 0 Å². The summed E-state index contributed by atoms with van der Waals surface area (Å²) in [6.07, 6.45) is 6.73. The minimum Gasteiger partial charge on any atom is -0.308 e. The molecule has 6 nitrogen and oxygen atoms in total. The van der Waals surface area contributed by atoms with Crippen molar-refractivity contribution < 1.29 is 4.39 Å². The lowest BCUT2D eigenvalue weighted by molar-refractivity contribution is 0.364. The van der Waals surface area contributed by atoms with Crippen molar-refractivity contribution in [3.8, 4) is 5.69 Å². The van der Waals surface area contributed by atoms with Crippen molar-refractivity contribution in [2.24, 2.45) is 0 Å². The molecule has 2 atom stereocenters. The number of aromatic nitrogens is 5. The van der Waals surface area contributed by atoms with Crippen LogP contribution in [0.25, 0.3) is 5.69 Å². The molecule has 24 heavy (non-hydrogen) atoms. The predicted octanol–water partition coefficient (Wildman–Crippen LogP) is 2.65. The zero-order valence-corrected chi connectivity index (χ0v) is 14.0. The first-order valence-electron chi connectivity index (χ1n) is 7.92. The van der Waals surface area contributed by atoms with Crippen LogP contribution in [0.15, 0.2) is 43.2 Å². The Labute approximate surface area is 140 Å². The number of rotatable bonds is 6. The molecule has 3 aromatic rings. The molecule has 0 unspecified atom stereocenters. The molecule has 7 heteroatoms. The Balaban J connectivity index is 1.63. The third-order valence-electron chi connectivity index (χ3n) is 4.18. The van der Waals surface area contributed by atoms with Crippen molar-refractivity contribution >= 4 is 0 Å². The van der Waals surface area contributed by atoms with E-state index in [9.17, 15) is 4.39 Å². The molecule has 1 N–H and O–H groups in total. The zero-order chi connectivity index (χ0) is 17.1. The lowest BCUT2D eigenvalue weighted by atomic mass is 10.1. The zero-order valence-electron chi connectivity index (χ0n) is 14.0. The van der Waals surface area contributed by atoms with Crippen LogP contribution in [0, 0.1) is 12.7 Å². The highest BCUT2D eigenvalue weighted by Crippen LogP contribution is 2.15. The third-order valence-corrected chi connectivity index (χ3v) is 4.18. The maximum absolute atomic E-state index is 14.2. The molecule has 0 fully saturated rings. The van der Waals surface area contributed by atoms with Crippen molar-refractivity contribution in [2.75, 3.05) is 0 Å². The fourth-order valence-corrected chi connectivity index (χ4v) is 2.51. The summed E-state index contributed by atoms with van der Waals surface area (Å²) in [5.41, 5.74) is 2.41. The summed E-state index contributed by atoms with van der Waals surface area (Å²) in [6, 6.07) is 5.54. The Morgan fingerprint density at radius 3 is 2.71 bits per heavy atom. The van der Waals surface area contributed by atoms with Gasteiger partial charge < -0.3 is 5.32 Å². The van der Waals surface area contributed by atoms with Crippen LogP contribution in [0.1, 0.15) is 31.0 Å².